The van der Waals surface area contributed by atoms with E-state index in [2.05, 4.69) is 15.4 Å². The van der Waals surface area contributed by atoms with Crippen molar-refractivity contribution in [2.24, 2.45) is 7.05 Å². The third-order valence-corrected chi connectivity index (χ3v) is 2.85. The smallest absolute Gasteiger partial charge is 0.272 e. The molecular weight excluding hydrogens is 228 g/mol. The number of amides is 1. The van der Waals surface area contributed by atoms with E-state index in [9.17, 15) is 4.79 Å². The number of H-pyrrole nitrogens is 1. The summed E-state index contributed by atoms with van der Waals surface area (Å²) in [6, 6.07) is 9.23. The Kier molecular flexibility index (Phi) is 2.37. The second kappa shape index (κ2) is 4.03. The number of aryl methyl sites for hydroxylation is 1. The maximum Gasteiger partial charge on any atom is 0.272 e. The molecule has 0 bridgehead atoms. The number of benzene rings is 1. The molecule has 3 rings (SSSR count). The lowest BCUT2D eigenvalue weighted by Gasteiger charge is -2.04. The topological polar surface area (TPSA) is 62.7 Å². The number of nitrogens with zero attached hydrogens (tertiary/aromatic N) is 2. The number of aromatic nitrogens is 3. The Morgan fingerprint density at radius 2 is 2.28 bits per heavy atom. The Balaban J connectivity index is 1.91. The van der Waals surface area contributed by atoms with Gasteiger partial charge in [-0.15, -0.1) is 0 Å². The minimum atomic E-state index is -0.151. The maximum absolute atomic E-state index is 11.9. The molecule has 2 aromatic heterocycles. The molecule has 2 heterocycles. The first kappa shape index (κ1) is 10.6. The predicted octanol–water partition coefficient (Wildman–Crippen LogP) is 2.15. The van der Waals surface area contributed by atoms with Crippen LogP contribution in [0.3, 0.4) is 0 Å². The van der Waals surface area contributed by atoms with E-state index in [4.69, 9.17) is 0 Å². The van der Waals surface area contributed by atoms with E-state index < -0.39 is 0 Å². The number of carbonyl (C=O) groups excluding carboxylic acids is 1. The second-order valence-corrected chi connectivity index (χ2v) is 4.08. The highest BCUT2D eigenvalue weighted by Gasteiger charge is 2.07. The zero-order valence-electron chi connectivity index (χ0n) is 9.84. The summed E-state index contributed by atoms with van der Waals surface area (Å²) in [5.74, 6) is -0.151. The van der Waals surface area contributed by atoms with Gasteiger partial charge in [0.05, 0.1) is 11.7 Å². The summed E-state index contributed by atoms with van der Waals surface area (Å²) < 4.78 is 1.78. The predicted molar refractivity (Wildman–Crippen MR) is 69.5 cm³/mol. The molecule has 5 nitrogen and oxygen atoms in total. The van der Waals surface area contributed by atoms with Crippen LogP contribution in [0.15, 0.2) is 42.7 Å². The number of hydrogen-bond donors (Lipinski definition) is 2. The highest BCUT2D eigenvalue weighted by Crippen LogP contribution is 2.18. The molecule has 1 aromatic carbocycles. The van der Waals surface area contributed by atoms with Crippen molar-refractivity contribution in [3.05, 3.63) is 48.4 Å². The van der Waals surface area contributed by atoms with Crippen LogP contribution in [0.4, 0.5) is 5.69 Å². The molecule has 2 N–H and O–H groups in total. The van der Waals surface area contributed by atoms with Gasteiger partial charge in [0, 0.05) is 24.3 Å². The van der Waals surface area contributed by atoms with Crippen LogP contribution in [0.2, 0.25) is 0 Å². The van der Waals surface area contributed by atoms with E-state index in [1.54, 1.807) is 29.2 Å². The molecule has 90 valence electrons. The fraction of sp³-hybridized carbons (Fsp3) is 0.0769. The van der Waals surface area contributed by atoms with Gasteiger partial charge in [-0.1, -0.05) is 0 Å². The van der Waals surface area contributed by atoms with Crippen molar-refractivity contribution in [1.82, 2.24) is 14.8 Å². The van der Waals surface area contributed by atoms with Crippen LogP contribution in [0, 0.1) is 0 Å². The molecule has 3 aromatic rings. The van der Waals surface area contributed by atoms with Crippen molar-refractivity contribution < 1.29 is 4.79 Å². The van der Waals surface area contributed by atoms with Gasteiger partial charge in [-0.2, -0.15) is 5.10 Å². The Morgan fingerprint density at radius 1 is 1.39 bits per heavy atom. The van der Waals surface area contributed by atoms with Crippen LogP contribution in [0.5, 0.6) is 0 Å². The Morgan fingerprint density at radius 3 is 3.06 bits per heavy atom. The lowest BCUT2D eigenvalue weighted by Crippen LogP contribution is -2.12. The van der Waals surface area contributed by atoms with Gasteiger partial charge in [-0.25, -0.2) is 0 Å². The zero-order chi connectivity index (χ0) is 12.5. The van der Waals surface area contributed by atoms with Crippen molar-refractivity contribution in [3.8, 4) is 0 Å². The van der Waals surface area contributed by atoms with Crippen molar-refractivity contribution in [1.29, 1.82) is 0 Å². The van der Waals surface area contributed by atoms with Crippen molar-refractivity contribution in [2.45, 2.75) is 0 Å². The van der Waals surface area contributed by atoms with Crippen LogP contribution in [-0.2, 0) is 7.05 Å². The molecule has 0 saturated heterocycles. The number of anilines is 1. The highest BCUT2D eigenvalue weighted by molar-refractivity contribution is 6.03. The van der Waals surface area contributed by atoms with Gasteiger partial charge in [-0.05, 0) is 30.3 Å². The standard InChI is InChI=1S/C13H12N4O/c1-17-12-7-10(5-4-9(12)8-15-17)16-13(18)11-3-2-6-14-11/h2-8,14H,1H3,(H,16,18). The quantitative estimate of drug-likeness (QED) is 0.721. The number of fused-ring (bicyclic) bond motifs is 1. The third kappa shape index (κ3) is 1.75. The number of nitrogens with one attached hydrogen (secondary N) is 2. The van der Waals surface area contributed by atoms with Crippen molar-refractivity contribution >= 4 is 22.5 Å². The Labute approximate surface area is 103 Å². The first-order valence-electron chi connectivity index (χ1n) is 5.60. The number of aromatic amines is 1. The molecule has 0 saturated carbocycles. The number of carbonyl (C=O) groups is 1. The summed E-state index contributed by atoms with van der Waals surface area (Å²) in [5.41, 5.74) is 2.28. The molecule has 0 radical (unpaired) electrons. The maximum atomic E-state index is 11.9. The molecule has 0 spiro atoms. The van der Waals surface area contributed by atoms with E-state index in [0.29, 0.717) is 5.69 Å². The largest absolute Gasteiger partial charge is 0.357 e. The highest BCUT2D eigenvalue weighted by atomic mass is 16.1. The van der Waals surface area contributed by atoms with E-state index in [1.807, 2.05) is 25.2 Å². The summed E-state index contributed by atoms with van der Waals surface area (Å²) in [7, 11) is 1.87. The summed E-state index contributed by atoms with van der Waals surface area (Å²) in [4.78, 5) is 14.7. The van der Waals surface area contributed by atoms with Crippen LogP contribution in [0.25, 0.3) is 10.9 Å². The molecule has 0 unspecified atom stereocenters. The summed E-state index contributed by atoms with van der Waals surface area (Å²) in [5, 5.41) is 8.06. The zero-order valence-corrected chi connectivity index (χ0v) is 9.84. The molecule has 0 aliphatic heterocycles. The fourth-order valence-electron chi connectivity index (χ4n) is 1.89. The lowest BCUT2D eigenvalue weighted by molar-refractivity contribution is 0.102. The minimum absolute atomic E-state index is 0.151. The normalized spacial score (nSPS) is 10.7. The van der Waals surface area contributed by atoms with Crippen LogP contribution in [-0.4, -0.2) is 20.7 Å². The summed E-state index contributed by atoms with van der Waals surface area (Å²) in [6.07, 6.45) is 3.52. The van der Waals surface area contributed by atoms with Gasteiger partial charge < -0.3 is 10.3 Å². The van der Waals surface area contributed by atoms with E-state index in [1.165, 1.54) is 0 Å². The monoisotopic (exact) mass is 240 g/mol. The molecule has 18 heavy (non-hydrogen) atoms. The first-order valence-corrected chi connectivity index (χ1v) is 5.60. The summed E-state index contributed by atoms with van der Waals surface area (Å²) in [6.45, 7) is 0. The summed E-state index contributed by atoms with van der Waals surface area (Å²) >= 11 is 0. The minimum Gasteiger partial charge on any atom is -0.357 e. The Bertz CT molecular complexity index is 697. The average Bonchev–Trinajstić information content (AvgIpc) is 3.00. The average molecular weight is 240 g/mol. The molecule has 0 aliphatic carbocycles. The Hall–Kier alpha value is -2.56. The molecule has 5 heteroatoms. The van der Waals surface area contributed by atoms with Crippen LogP contribution >= 0.6 is 0 Å². The van der Waals surface area contributed by atoms with Crippen LogP contribution in [0.1, 0.15) is 10.5 Å². The van der Waals surface area contributed by atoms with E-state index in [0.717, 1.165) is 16.6 Å². The second-order valence-electron chi connectivity index (χ2n) is 4.08. The van der Waals surface area contributed by atoms with Crippen molar-refractivity contribution in [3.63, 3.8) is 0 Å². The van der Waals surface area contributed by atoms with Crippen molar-refractivity contribution in [2.75, 3.05) is 5.32 Å². The van der Waals surface area contributed by atoms with E-state index in [-0.39, 0.29) is 5.91 Å². The number of hydrogen-bond acceptors (Lipinski definition) is 2. The van der Waals surface area contributed by atoms with Gasteiger partial charge in [0.25, 0.3) is 5.91 Å². The van der Waals surface area contributed by atoms with Crippen LogP contribution < -0.4 is 5.32 Å². The molecule has 0 fully saturated rings. The van der Waals surface area contributed by atoms with Gasteiger partial charge in [-0.3, -0.25) is 9.48 Å². The first-order chi connectivity index (χ1) is 8.74. The number of rotatable bonds is 2. The van der Waals surface area contributed by atoms with Gasteiger partial charge in [0.1, 0.15) is 5.69 Å². The molecule has 0 aliphatic rings. The molecule has 0 atom stereocenters. The van der Waals surface area contributed by atoms with Gasteiger partial charge in [0.15, 0.2) is 0 Å². The fourth-order valence-corrected chi connectivity index (χ4v) is 1.89. The lowest BCUT2D eigenvalue weighted by atomic mass is 10.2. The molecular formula is C13H12N4O. The third-order valence-electron chi connectivity index (χ3n) is 2.85. The SMILES string of the molecule is Cn1ncc2ccc(NC(=O)c3ccc[nH]3)cc21. The van der Waals surface area contributed by atoms with Gasteiger partial charge in [0.2, 0.25) is 0 Å². The van der Waals surface area contributed by atoms with E-state index >= 15 is 0 Å². The van der Waals surface area contributed by atoms with Gasteiger partial charge >= 0.3 is 0 Å². The molecule has 1 amide bonds.